The molecule has 0 spiro atoms. The third kappa shape index (κ3) is 2.54. The highest BCUT2D eigenvalue weighted by Crippen LogP contribution is 2.21. The van der Waals surface area contributed by atoms with Crippen LogP contribution in [0.4, 0.5) is 5.69 Å². The molecular weight excluding hydrogens is 166 g/mol. The Morgan fingerprint density at radius 3 is 2.54 bits per heavy atom. The number of nitrogens with zero attached hydrogens (tertiary/aromatic N) is 1. The minimum atomic E-state index is -0.335. The number of nitro groups is 1. The van der Waals surface area contributed by atoms with Gasteiger partial charge in [-0.05, 0) is 12.3 Å². The first-order chi connectivity index (χ1) is 6.11. The van der Waals surface area contributed by atoms with Crippen LogP contribution in [0.25, 0.3) is 0 Å². The van der Waals surface area contributed by atoms with E-state index in [1.54, 1.807) is 12.1 Å². The van der Waals surface area contributed by atoms with Gasteiger partial charge < -0.3 is 0 Å². The average Bonchev–Trinajstić information content (AvgIpc) is 2.03. The molecule has 0 amide bonds. The molecule has 0 atom stereocenters. The van der Waals surface area contributed by atoms with Gasteiger partial charge in [-0.15, -0.1) is 0 Å². The Labute approximate surface area is 77.5 Å². The van der Waals surface area contributed by atoms with Crippen molar-refractivity contribution in [3.8, 4) is 0 Å². The first-order valence-corrected chi connectivity index (χ1v) is 4.12. The van der Waals surface area contributed by atoms with Crippen LogP contribution in [0.5, 0.6) is 0 Å². The Morgan fingerprint density at radius 2 is 2.00 bits per heavy atom. The summed E-state index contributed by atoms with van der Waals surface area (Å²) in [7, 11) is 0. The minimum absolute atomic E-state index is 0.212. The van der Waals surface area contributed by atoms with Crippen LogP contribution in [0.3, 0.4) is 0 Å². The van der Waals surface area contributed by atoms with Crippen molar-refractivity contribution >= 4 is 5.69 Å². The van der Waals surface area contributed by atoms with E-state index in [0.717, 1.165) is 5.56 Å². The normalized spacial score (nSPS) is 10.4. The van der Waals surface area contributed by atoms with Gasteiger partial charge in [-0.1, -0.05) is 32.0 Å². The molecule has 1 rings (SSSR count). The van der Waals surface area contributed by atoms with Gasteiger partial charge in [0.05, 0.1) is 4.92 Å². The maximum Gasteiger partial charge on any atom is 0.272 e. The SMILES string of the molecule is C[C](C)Cc1ccccc1[N+](=O)[O-]. The monoisotopic (exact) mass is 178 g/mol. The summed E-state index contributed by atoms with van der Waals surface area (Å²) >= 11 is 0. The zero-order chi connectivity index (χ0) is 9.84. The number of para-hydroxylation sites is 1. The van der Waals surface area contributed by atoms with Gasteiger partial charge in [0.25, 0.3) is 5.69 Å². The second-order valence-electron chi connectivity index (χ2n) is 3.27. The highest BCUT2D eigenvalue weighted by molar-refractivity contribution is 5.41. The molecule has 3 nitrogen and oxygen atoms in total. The quantitative estimate of drug-likeness (QED) is 0.527. The lowest BCUT2D eigenvalue weighted by molar-refractivity contribution is -0.385. The van der Waals surface area contributed by atoms with E-state index < -0.39 is 0 Å². The van der Waals surface area contributed by atoms with Crippen molar-refractivity contribution in [1.82, 2.24) is 0 Å². The summed E-state index contributed by atoms with van der Waals surface area (Å²) < 4.78 is 0. The van der Waals surface area contributed by atoms with Crippen LogP contribution < -0.4 is 0 Å². The van der Waals surface area contributed by atoms with Crippen molar-refractivity contribution < 1.29 is 4.92 Å². The topological polar surface area (TPSA) is 43.1 Å². The summed E-state index contributed by atoms with van der Waals surface area (Å²) in [4.78, 5) is 10.3. The predicted molar refractivity (Wildman–Crippen MR) is 51.4 cm³/mol. The molecule has 0 saturated carbocycles. The molecule has 0 fully saturated rings. The Balaban J connectivity index is 2.98. The second kappa shape index (κ2) is 4.03. The minimum Gasteiger partial charge on any atom is -0.258 e. The van der Waals surface area contributed by atoms with Crippen molar-refractivity contribution in [3.05, 3.63) is 45.9 Å². The first kappa shape index (κ1) is 9.71. The summed E-state index contributed by atoms with van der Waals surface area (Å²) in [6, 6.07) is 6.85. The van der Waals surface area contributed by atoms with E-state index in [2.05, 4.69) is 0 Å². The molecule has 0 aliphatic carbocycles. The zero-order valence-electron chi connectivity index (χ0n) is 7.78. The third-order valence-electron chi connectivity index (χ3n) is 1.73. The fraction of sp³-hybridized carbons (Fsp3) is 0.300. The Bertz CT molecular complexity index is 308. The molecule has 0 N–H and O–H groups in total. The molecule has 0 aliphatic heterocycles. The molecule has 1 radical (unpaired) electrons. The average molecular weight is 178 g/mol. The Kier molecular flexibility index (Phi) is 3.01. The lowest BCUT2D eigenvalue weighted by Crippen LogP contribution is -1.98. The van der Waals surface area contributed by atoms with Crippen LogP contribution in [0, 0.1) is 16.0 Å². The number of rotatable bonds is 3. The molecule has 1 aromatic rings. The van der Waals surface area contributed by atoms with Gasteiger partial charge in [-0.3, -0.25) is 10.1 Å². The Morgan fingerprint density at radius 1 is 1.38 bits per heavy atom. The van der Waals surface area contributed by atoms with Gasteiger partial charge >= 0.3 is 0 Å². The van der Waals surface area contributed by atoms with Crippen LogP contribution in [0.2, 0.25) is 0 Å². The summed E-state index contributed by atoms with van der Waals surface area (Å²) in [5, 5.41) is 10.6. The molecule has 3 heteroatoms. The largest absolute Gasteiger partial charge is 0.272 e. The van der Waals surface area contributed by atoms with E-state index in [-0.39, 0.29) is 10.6 Å². The molecular formula is C10H12NO2. The number of hydrogen-bond donors (Lipinski definition) is 0. The fourth-order valence-electron chi connectivity index (χ4n) is 1.22. The molecule has 1 aromatic carbocycles. The molecule has 0 bridgehead atoms. The van der Waals surface area contributed by atoms with E-state index in [1.807, 2.05) is 19.9 Å². The van der Waals surface area contributed by atoms with Crippen molar-refractivity contribution in [2.24, 2.45) is 0 Å². The molecule has 0 aliphatic rings. The standard InChI is InChI=1S/C10H12NO2/c1-8(2)7-9-5-3-4-6-10(9)11(12)13/h3-6H,7H2,1-2H3. The van der Waals surface area contributed by atoms with Crippen LogP contribution in [0.15, 0.2) is 24.3 Å². The zero-order valence-corrected chi connectivity index (χ0v) is 7.78. The fourth-order valence-corrected chi connectivity index (χ4v) is 1.22. The van der Waals surface area contributed by atoms with Crippen molar-refractivity contribution in [3.63, 3.8) is 0 Å². The van der Waals surface area contributed by atoms with Gasteiger partial charge in [0.1, 0.15) is 0 Å². The van der Waals surface area contributed by atoms with Gasteiger partial charge in [0, 0.05) is 11.6 Å². The molecule has 0 unspecified atom stereocenters. The highest BCUT2D eigenvalue weighted by atomic mass is 16.6. The van der Waals surface area contributed by atoms with E-state index in [0.29, 0.717) is 6.42 Å². The number of nitro benzene ring substituents is 1. The van der Waals surface area contributed by atoms with E-state index in [1.165, 1.54) is 12.0 Å². The van der Waals surface area contributed by atoms with Crippen molar-refractivity contribution in [2.75, 3.05) is 0 Å². The number of hydrogen-bond acceptors (Lipinski definition) is 2. The molecule has 0 heterocycles. The third-order valence-corrected chi connectivity index (χ3v) is 1.73. The van der Waals surface area contributed by atoms with Crippen LogP contribution >= 0.6 is 0 Å². The molecule has 69 valence electrons. The lowest BCUT2D eigenvalue weighted by atomic mass is 10.0. The summed E-state index contributed by atoms with van der Waals surface area (Å²) in [6.45, 7) is 3.94. The summed E-state index contributed by atoms with van der Waals surface area (Å²) in [5.74, 6) is 1.18. The van der Waals surface area contributed by atoms with Crippen LogP contribution in [0.1, 0.15) is 19.4 Å². The Hall–Kier alpha value is -1.38. The summed E-state index contributed by atoms with van der Waals surface area (Å²) in [5.41, 5.74) is 0.996. The van der Waals surface area contributed by atoms with Crippen molar-refractivity contribution in [1.29, 1.82) is 0 Å². The van der Waals surface area contributed by atoms with E-state index in [9.17, 15) is 10.1 Å². The van der Waals surface area contributed by atoms with E-state index in [4.69, 9.17) is 0 Å². The maximum atomic E-state index is 10.6. The van der Waals surface area contributed by atoms with Gasteiger partial charge in [-0.2, -0.15) is 0 Å². The molecule has 0 saturated heterocycles. The molecule has 0 aromatic heterocycles. The molecule has 13 heavy (non-hydrogen) atoms. The van der Waals surface area contributed by atoms with Gasteiger partial charge in [0.15, 0.2) is 0 Å². The van der Waals surface area contributed by atoms with Crippen LogP contribution in [-0.4, -0.2) is 4.92 Å². The lowest BCUT2D eigenvalue weighted by Gasteiger charge is -2.04. The predicted octanol–water partition coefficient (Wildman–Crippen LogP) is 2.75. The highest BCUT2D eigenvalue weighted by Gasteiger charge is 2.12. The van der Waals surface area contributed by atoms with Gasteiger partial charge in [0.2, 0.25) is 0 Å². The van der Waals surface area contributed by atoms with E-state index >= 15 is 0 Å². The first-order valence-electron chi connectivity index (χ1n) is 4.12. The van der Waals surface area contributed by atoms with Gasteiger partial charge in [-0.25, -0.2) is 0 Å². The smallest absolute Gasteiger partial charge is 0.258 e. The summed E-state index contributed by atoms with van der Waals surface area (Å²) in [6.07, 6.45) is 0.678. The number of benzene rings is 1. The van der Waals surface area contributed by atoms with Crippen molar-refractivity contribution in [2.45, 2.75) is 20.3 Å². The second-order valence-corrected chi connectivity index (χ2v) is 3.27. The maximum absolute atomic E-state index is 10.6. The van der Waals surface area contributed by atoms with Crippen LogP contribution in [-0.2, 0) is 6.42 Å².